The molecule has 0 amide bonds. The van der Waals surface area contributed by atoms with Gasteiger partial charge in [-0.3, -0.25) is 0 Å². The molecule has 0 aliphatic heterocycles. The van der Waals surface area contributed by atoms with Crippen molar-refractivity contribution in [3.8, 4) is 11.8 Å². The highest BCUT2D eigenvalue weighted by atomic mass is 16.5. The van der Waals surface area contributed by atoms with E-state index in [-0.39, 0.29) is 0 Å². The van der Waals surface area contributed by atoms with Crippen LogP contribution >= 0.6 is 0 Å². The molecule has 3 nitrogen and oxygen atoms in total. The number of nitrogens with zero attached hydrogens (tertiary/aromatic N) is 1. The molecule has 0 radical (unpaired) electrons. The predicted octanol–water partition coefficient (Wildman–Crippen LogP) is 2.73. The van der Waals surface area contributed by atoms with Gasteiger partial charge in [0.1, 0.15) is 5.75 Å². The van der Waals surface area contributed by atoms with Gasteiger partial charge in [-0.2, -0.15) is 5.26 Å². The quantitative estimate of drug-likeness (QED) is 0.775. The third-order valence-electron chi connectivity index (χ3n) is 2.37. The molecular weight excluding hydrogens is 202 g/mol. The van der Waals surface area contributed by atoms with E-state index in [9.17, 15) is 5.11 Å². The van der Waals surface area contributed by atoms with Crippen LogP contribution in [0.3, 0.4) is 0 Å². The van der Waals surface area contributed by atoms with Crippen LogP contribution in [0.4, 0.5) is 0 Å². The fraction of sp³-hybridized carbons (Fsp3) is 0.462. The summed E-state index contributed by atoms with van der Waals surface area (Å²) in [4.78, 5) is 0. The number of aliphatic hydroxyl groups is 1. The van der Waals surface area contributed by atoms with Crippen LogP contribution in [-0.2, 0) is 0 Å². The minimum atomic E-state index is -0.452. The van der Waals surface area contributed by atoms with Crippen LogP contribution in [0.15, 0.2) is 18.2 Å². The van der Waals surface area contributed by atoms with Crippen LogP contribution in [0.1, 0.15) is 37.0 Å². The van der Waals surface area contributed by atoms with Crippen molar-refractivity contribution in [2.45, 2.75) is 32.8 Å². The van der Waals surface area contributed by atoms with Gasteiger partial charge in [-0.05, 0) is 43.5 Å². The van der Waals surface area contributed by atoms with Crippen LogP contribution in [0, 0.1) is 18.3 Å². The Morgan fingerprint density at radius 1 is 1.50 bits per heavy atom. The molecular formula is C13H17NO2. The lowest BCUT2D eigenvalue weighted by Crippen LogP contribution is -1.99. The summed E-state index contributed by atoms with van der Waals surface area (Å²) in [5.74, 6) is 0.822. The zero-order chi connectivity index (χ0) is 12.0. The second kappa shape index (κ2) is 6.14. The predicted molar refractivity (Wildman–Crippen MR) is 62.2 cm³/mol. The van der Waals surface area contributed by atoms with E-state index < -0.39 is 6.10 Å². The molecule has 0 fully saturated rings. The highest BCUT2D eigenvalue weighted by Crippen LogP contribution is 2.22. The average molecular weight is 219 g/mol. The molecule has 0 saturated heterocycles. The molecule has 0 heterocycles. The Hall–Kier alpha value is -1.53. The Balaban J connectivity index is 2.58. The minimum absolute atomic E-state index is 0.452. The lowest BCUT2D eigenvalue weighted by Gasteiger charge is -2.11. The van der Waals surface area contributed by atoms with Gasteiger partial charge < -0.3 is 9.84 Å². The number of unbranched alkanes of at least 4 members (excludes halogenated alkanes) is 1. The molecule has 1 atom stereocenters. The summed E-state index contributed by atoms with van der Waals surface area (Å²) >= 11 is 0. The molecule has 86 valence electrons. The Morgan fingerprint density at radius 3 is 2.81 bits per heavy atom. The molecule has 0 bridgehead atoms. The Kier molecular flexibility index (Phi) is 4.81. The van der Waals surface area contributed by atoms with Gasteiger partial charge in [0.2, 0.25) is 0 Å². The van der Waals surface area contributed by atoms with Gasteiger partial charge in [-0.1, -0.05) is 6.07 Å². The van der Waals surface area contributed by atoms with Crippen molar-refractivity contribution < 1.29 is 9.84 Å². The van der Waals surface area contributed by atoms with E-state index in [1.807, 2.05) is 25.1 Å². The Morgan fingerprint density at radius 2 is 2.25 bits per heavy atom. The van der Waals surface area contributed by atoms with E-state index in [2.05, 4.69) is 6.07 Å². The third kappa shape index (κ3) is 3.56. The second-order valence-corrected chi connectivity index (χ2v) is 3.81. The van der Waals surface area contributed by atoms with E-state index >= 15 is 0 Å². The van der Waals surface area contributed by atoms with Crippen LogP contribution in [-0.4, -0.2) is 11.7 Å². The first-order valence-corrected chi connectivity index (χ1v) is 5.43. The van der Waals surface area contributed by atoms with Crippen LogP contribution in [0.2, 0.25) is 0 Å². The fourth-order valence-electron chi connectivity index (χ4n) is 1.43. The van der Waals surface area contributed by atoms with Crippen LogP contribution in [0.5, 0.6) is 5.75 Å². The first-order chi connectivity index (χ1) is 7.65. The molecule has 3 heteroatoms. The number of aryl methyl sites for hydroxylation is 1. The van der Waals surface area contributed by atoms with Crippen molar-refractivity contribution in [3.05, 3.63) is 29.3 Å². The standard InChI is InChI=1S/C13H17NO2/c1-10-9-12(11(2)15)5-6-13(10)16-8-4-3-7-14/h5-6,9,11,15H,3-4,8H2,1-2H3/t11-/m1/s1. The monoisotopic (exact) mass is 219 g/mol. The lowest BCUT2D eigenvalue weighted by molar-refractivity contribution is 0.199. The maximum atomic E-state index is 9.41. The van der Waals surface area contributed by atoms with Gasteiger partial charge in [0.05, 0.1) is 18.8 Å². The van der Waals surface area contributed by atoms with Crippen LogP contribution in [0.25, 0.3) is 0 Å². The number of benzene rings is 1. The van der Waals surface area contributed by atoms with Crippen molar-refractivity contribution in [3.63, 3.8) is 0 Å². The fourth-order valence-corrected chi connectivity index (χ4v) is 1.43. The van der Waals surface area contributed by atoms with E-state index in [1.165, 1.54) is 0 Å². The van der Waals surface area contributed by atoms with Crippen molar-refractivity contribution in [2.24, 2.45) is 0 Å². The summed E-state index contributed by atoms with van der Waals surface area (Å²) in [5.41, 5.74) is 1.90. The van der Waals surface area contributed by atoms with Gasteiger partial charge in [-0.25, -0.2) is 0 Å². The summed E-state index contributed by atoms with van der Waals surface area (Å²) in [5, 5.41) is 17.8. The summed E-state index contributed by atoms with van der Waals surface area (Å²) in [7, 11) is 0. The van der Waals surface area contributed by atoms with E-state index in [0.717, 1.165) is 23.3 Å². The molecule has 1 aromatic carbocycles. The minimum Gasteiger partial charge on any atom is -0.493 e. The summed E-state index contributed by atoms with van der Waals surface area (Å²) in [6.45, 7) is 4.25. The van der Waals surface area contributed by atoms with E-state index in [1.54, 1.807) is 6.92 Å². The van der Waals surface area contributed by atoms with Gasteiger partial charge in [0.15, 0.2) is 0 Å². The van der Waals surface area contributed by atoms with Crippen molar-refractivity contribution in [1.82, 2.24) is 0 Å². The van der Waals surface area contributed by atoms with Crippen molar-refractivity contribution >= 4 is 0 Å². The molecule has 0 aliphatic carbocycles. The number of rotatable bonds is 5. The molecule has 0 spiro atoms. The highest BCUT2D eigenvalue weighted by molar-refractivity contribution is 5.36. The van der Waals surface area contributed by atoms with Gasteiger partial charge in [-0.15, -0.1) is 0 Å². The first kappa shape index (κ1) is 12.5. The summed E-state index contributed by atoms with van der Waals surface area (Å²) < 4.78 is 5.54. The topological polar surface area (TPSA) is 53.2 Å². The molecule has 0 unspecified atom stereocenters. The summed E-state index contributed by atoms with van der Waals surface area (Å²) in [6, 6.07) is 7.72. The number of hydrogen-bond donors (Lipinski definition) is 1. The van der Waals surface area contributed by atoms with Crippen LogP contribution < -0.4 is 4.74 Å². The number of hydrogen-bond acceptors (Lipinski definition) is 3. The maximum absolute atomic E-state index is 9.41. The first-order valence-electron chi connectivity index (χ1n) is 5.43. The van der Waals surface area contributed by atoms with Crippen molar-refractivity contribution in [1.29, 1.82) is 5.26 Å². The Labute approximate surface area is 96.3 Å². The molecule has 16 heavy (non-hydrogen) atoms. The largest absolute Gasteiger partial charge is 0.493 e. The van der Waals surface area contributed by atoms with Gasteiger partial charge in [0.25, 0.3) is 0 Å². The average Bonchev–Trinajstić information content (AvgIpc) is 2.26. The molecule has 0 aliphatic rings. The SMILES string of the molecule is Cc1cc([C@@H](C)O)ccc1OCCCC#N. The van der Waals surface area contributed by atoms with E-state index in [0.29, 0.717) is 13.0 Å². The Bertz CT molecular complexity index is 380. The molecule has 1 aromatic rings. The normalized spacial score (nSPS) is 11.9. The number of ether oxygens (including phenoxy) is 1. The number of aliphatic hydroxyl groups excluding tert-OH is 1. The molecule has 1 N–H and O–H groups in total. The zero-order valence-corrected chi connectivity index (χ0v) is 9.73. The van der Waals surface area contributed by atoms with Gasteiger partial charge >= 0.3 is 0 Å². The number of nitriles is 1. The lowest BCUT2D eigenvalue weighted by atomic mass is 10.1. The molecule has 0 aromatic heterocycles. The van der Waals surface area contributed by atoms with Gasteiger partial charge in [0, 0.05) is 6.42 Å². The second-order valence-electron chi connectivity index (χ2n) is 3.81. The summed E-state index contributed by atoms with van der Waals surface area (Å²) in [6.07, 6.45) is 0.810. The van der Waals surface area contributed by atoms with E-state index in [4.69, 9.17) is 10.00 Å². The third-order valence-corrected chi connectivity index (χ3v) is 2.37. The smallest absolute Gasteiger partial charge is 0.122 e. The zero-order valence-electron chi connectivity index (χ0n) is 9.73. The van der Waals surface area contributed by atoms with Crippen molar-refractivity contribution in [2.75, 3.05) is 6.61 Å². The molecule has 0 saturated carbocycles. The molecule has 1 rings (SSSR count). The highest BCUT2D eigenvalue weighted by Gasteiger charge is 2.04. The maximum Gasteiger partial charge on any atom is 0.122 e.